The number of nitriles is 1. The first-order valence-corrected chi connectivity index (χ1v) is 13.7. The normalized spacial score (nSPS) is 21.5. The summed E-state index contributed by atoms with van der Waals surface area (Å²) in [5.41, 5.74) is 3.20. The minimum Gasteiger partial charge on any atom is -0.494 e. The first-order chi connectivity index (χ1) is 18.5. The van der Waals surface area contributed by atoms with Crippen LogP contribution in [0.1, 0.15) is 67.9 Å². The number of anilines is 1. The van der Waals surface area contributed by atoms with Gasteiger partial charge in [0.25, 0.3) is 5.91 Å². The minimum absolute atomic E-state index is 0.0321. The van der Waals surface area contributed by atoms with Crippen LogP contribution in [0.5, 0.6) is 5.75 Å². The second-order valence-corrected chi connectivity index (χ2v) is 12.2. The van der Waals surface area contributed by atoms with Gasteiger partial charge in [-0.3, -0.25) is 9.59 Å². The van der Waals surface area contributed by atoms with Crippen LogP contribution < -0.4 is 10.1 Å². The number of aryl methyl sites for hydroxylation is 1. The highest BCUT2D eigenvalue weighted by molar-refractivity contribution is 6.07. The van der Waals surface area contributed by atoms with Crippen molar-refractivity contribution in [2.75, 3.05) is 25.5 Å². The van der Waals surface area contributed by atoms with Crippen LogP contribution in [0.4, 0.5) is 5.69 Å². The molecule has 0 spiro atoms. The van der Waals surface area contributed by atoms with Gasteiger partial charge in [-0.2, -0.15) is 5.26 Å². The Labute approximate surface area is 230 Å². The maximum Gasteiger partial charge on any atom is 0.255 e. The molecule has 1 saturated carbocycles. The number of piperidine rings is 1. The van der Waals surface area contributed by atoms with E-state index in [-0.39, 0.29) is 29.1 Å². The van der Waals surface area contributed by atoms with E-state index >= 15 is 0 Å². The molecule has 2 fully saturated rings. The number of hydrogen-bond acceptors (Lipinski definition) is 5. The molecule has 0 unspecified atom stereocenters. The number of ether oxygens (including phenoxy) is 1. The molecular weight excluding hydrogens is 490 g/mol. The van der Waals surface area contributed by atoms with Crippen LogP contribution >= 0.6 is 0 Å². The van der Waals surface area contributed by atoms with Crippen molar-refractivity contribution in [3.63, 3.8) is 0 Å². The first kappa shape index (κ1) is 26.7. The van der Waals surface area contributed by atoms with E-state index in [1.807, 2.05) is 18.5 Å². The van der Waals surface area contributed by atoms with E-state index in [4.69, 9.17) is 9.72 Å². The summed E-state index contributed by atoms with van der Waals surface area (Å²) >= 11 is 0. The van der Waals surface area contributed by atoms with E-state index in [0.717, 1.165) is 37.0 Å². The van der Waals surface area contributed by atoms with Crippen molar-refractivity contribution in [3.05, 3.63) is 53.3 Å². The molecule has 2 amide bonds. The lowest BCUT2D eigenvalue weighted by molar-refractivity contribution is -0.140. The Bertz CT molecular complexity index is 1460. The van der Waals surface area contributed by atoms with E-state index in [0.29, 0.717) is 34.4 Å². The van der Waals surface area contributed by atoms with Crippen LogP contribution in [0, 0.1) is 34.5 Å². The molecular formula is C31H37N5O3. The molecule has 8 heteroatoms. The fourth-order valence-electron chi connectivity index (χ4n) is 6.38. The van der Waals surface area contributed by atoms with E-state index in [2.05, 4.69) is 43.3 Å². The number of likely N-dealkylation sites (tertiary alicyclic amines) is 1. The van der Waals surface area contributed by atoms with Gasteiger partial charge in [0.05, 0.1) is 30.3 Å². The molecule has 1 N–H and O–H groups in total. The molecule has 0 radical (unpaired) electrons. The van der Waals surface area contributed by atoms with Crippen molar-refractivity contribution in [2.24, 2.45) is 30.2 Å². The zero-order valence-electron chi connectivity index (χ0n) is 23.6. The quantitative estimate of drug-likeness (QED) is 0.483. The largest absolute Gasteiger partial charge is 0.494 e. The summed E-state index contributed by atoms with van der Waals surface area (Å²) in [6.45, 7) is 9.95. The lowest BCUT2D eigenvalue weighted by atomic mass is 9.77. The minimum atomic E-state index is -0.330. The van der Waals surface area contributed by atoms with Gasteiger partial charge in [-0.25, -0.2) is 4.98 Å². The van der Waals surface area contributed by atoms with Gasteiger partial charge >= 0.3 is 0 Å². The molecule has 1 aliphatic heterocycles. The molecule has 204 valence electrons. The zero-order valence-corrected chi connectivity index (χ0v) is 23.6. The lowest BCUT2D eigenvalue weighted by Crippen LogP contribution is -2.48. The fourth-order valence-corrected chi connectivity index (χ4v) is 6.38. The third-order valence-corrected chi connectivity index (χ3v) is 8.85. The highest BCUT2D eigenvalue weighted by atomic mass is 16.5. The number of nitrogens with zero attached hydrogens (tertiary/aromatic N) is 4. The maximum atomic E-state index is 13.4. The number of methoxy groups -OCH3 is 1. The van der Waals surface area contributed by atoms with E-state index in [9.17, 15) is 14.9 Å². The summed E-state index contributed by atoms with van der Waals surface area (Å²) in [4.78, 5) is 33.2. The molecule has 3 aromatic rings. The van der Waals surface area contributed by atoms with Gasteiger partial charge < -0.3 is 19.5 Å². The van der Waals surface area contributed by atoms with Crippen molar-refractivity contribution in [3.8, 4) is 11.8 Å². The SMILES string of the molecule is COc1c(NC(=O)c2cccc(C#N)c2)cnc2c1c([C@@H]1[C@@H]3CC[C@H]1CN(C(=O)[C@H](C)C(C)(C)C)C3)cn2C. The van der Waals surface area contributed by atoms with Gasteiger partial charge in [0.1, 0.15) is 11.3 Å². The highest BCUT2D eigenvalue weighted by Gasteiger charge is 2.46. The van der Waals surface area contributed by atoms with Crippen LogP contribution in [-0.4, -0.2) is 46.5 Å². The average molecular weight is 528 g/mol. The Kier molecular flexibility index (Phi) is 6.88. The van der Waals surface area contributed by atoms with E-state index in [1.54, 1.807) is 37.6 Å². The molecule has 8 nitrogen and oxygen atoms in total. The lowest BCUT2D eigenvalue weighted by Gasteiger charge is -2.41. The summed E-state index contributed by atoms with van der Waals surface area (Å²) in [7, 11) is 3.59. The second-order valence-electron chi connectivity index (χ2n) is 12.2. The van der Waals surface area contributed by atoms with Gasteiger partial charge in [-0.1, -0.05) is 33.8 Å². The fraction of sp³-hybridized carbons (Fsp3) is 0.484. The molecule has 3 heterocycles. The van der Waals surface area contributed by atoms with Crippen LogP contribution in [-0.2, 0) is 11.8 Å². The molecule has 2 aliphatic rings. The second kappa shape index (κ2) is 10.0. The number of hydrogen-bond donors (Lipinski definition) is 1. The number of rotatable bonds is 5. The zero-order chi connectivity index (χ0) is 28.1. The van der Waals surface area contributed by atoms with Crippen molar-refractivity contribution < 1.29 is 14.3 Å². The highest BCUT2D eigenvalue weighted by Crippen LogP contribution is 2.52. The van der Waals surface area contributed by atoms with Crippen LogP contribution in [0.25, 0.3) is 11.0 Å². The number of fused-ring (bicyclic) bond motifs is 3. The number of carbonyl (C=O) groups is 2. The van der Waals surface area contributed by atoms with Crippen molar-refractivity contribution in [2.45, 2.75) is 46.5 Å². The first-order valence-electron chi connectivity index (χ1n) is 13.7. The number of benzene rings is 1. The van der Waals surface area contributed by atoms with Crippen LogP contribution in [0.2, 0.25) is 0 Å². The predicted octanol–water partition coefficient (Wildman–Crippen LogP) is 5.34. The molecule has 5 rings (SSSR count). The number of nitrogens with one attached hydrogen (secondary N) is 1. The monoisotopic (exact) mass is 527 g/mol. The molecule has 2 aromatic heterocycles. The molecule has 2 bridgehead atoms. The Morgan fingerprint density at radius 1 is 1.21 bits per heavy atom. The molecule has 1 aliphatic carbocycles. The van der Waals surface area contributed by atoms with E-state index < -0.39 is 0 Å². The van der Waals surface area contributed by atoms with Gasteiger partial charge in [0, 0.05) is 37.8 Å². The Balaban J connectivity index is 1.48. The molecule has 1 saturated heterocycles. The van der Waals surface area contributed by atoms with E-state index in [1.165, 1.54) is 5.56 Å². The summed E-state index contributed by atoms with van der Waals surface area (Å²) in [6, 6.07) is 8.67. The standard InChI is InChI=1S/C31H37N5O3/c1-18(31(2,3)4)30(38)36-15-21-10-11-22(16-36)25(21)23-17-35(5)28-26(23)27(39-6)24(14-33-28)34-29(37)20-9-7-8-19(12-20)13-32/h7-9,12,14,17-18,21-22,25H,10-11,15-16H2,1-6H3,(H,34,37)/t18-,21-,22+,25-/m0/s1. The molecule has 39 heavy (non-hydrogen) atoms. The third kappa shape index (κ3) is 4.75. The van der Waals surface area contributed by atoms with Crippen LogP contribution in [0.15, 0.2) is 36.7 Å². The topological polar surface area (TPSA) is 100 Å². The van der Waals surface area contributed by atoms with Gasteiger partial charge in [0.2, 0.25) is 5.91 Å². The number of carbonyl (C=O) groups excluding carboxylic acids is 2. The Hall–Kier alpha value is -3.86. The summed E-state index contributed by atoms with van der Waals surface area (Å²) in [6.07, 6.45) is 5.94. The van der Waals surface area contributed by atoms with Gasteiger partial charge in [-0.15, -0.1) is 0 Å². The van der Waals surface area contributed by atoms with Gasteiger partial charge in [-0.05, 0) is 59.8 Å². The Morgan fingerprint density at radius 2 is 1.90 bits per heavy atom. The Morgan fingerprint density at radius 3 is 2.51 bits per heavy atom. The third-order valence-electron chi connectivity index (χ3n) is 8.85. The number of aromatic nitrogens is 2. The van der Waals surface area contributed by atoms with Crippen molar-refractivity contribution in [1.29, 1.82) is 5.26 Å². The number of pyridine rings is 1. The summed E-state index contributed by atoms with van der Waals surface area (Å²) < 4.78 is 7.94. The summed E-state index contributed by atoms with van der Waals surface area (Å²) in [5.74, 6) is 1.49. The average Bonchev–Trinajstić information content (AvgIpc) is 3.38. The predicted molar refractivity (Wildman–Crippen MR) is 151 cm³/mol. The van der Waals surface area contributed by atoms with Crippen molar-refractivity contribution >= 4 is 28.5 Å². The van der Waals surface area contributed by atoms with Gasteiger partial charge in [0.15, 0.2) is 5.75 Å². The van der Waals surface area contributed by atoms with Crippen LogP contribution in [0.3, 0.4) is 0 Å². The maximum absolute atomic E-state index is 13.4. The smallest absolute Gasteiger partial charge is 0.255 e. The number of amides is 2. The molecule has 1 aromatic carbocycles. The molecule has 4 atom stereocenters. The van der Waals surface area contributed by atoms with Crippen molar-refractivity contribution in [1.82, 2.24) is 14.5 Å². The summed E-state index contributed by atoms with van der Waals surface area (Å²) in [5, 5.41) is 13.1.